The minimum Gasteiger partial charge on any atom is -0.490 e. The number of para-hydroxylation sites is 1. The average Bonchev–Trinajstić information content (AvgIpc) is 3.33. The largest absolute Gasteiger partial charge is 0.490 e. The highest BCUT2D eigenvalue weighted by Crippen LogP contribution is 2.23. The predicted octanol–water partition coefficient (Wildman–Crippen LogP) is 4.71. The summed E-state index contributed by atoms with van der Waals surface area (Å²) in [5, 5.41) is 22.9. The fraction of sp³-hybridized carbons (Fsp3) is 0.250. The van der Waals surface area contributed by atoms with Gasteiger partial charge < -0.3 is 25.3 Å². The zero-order valence-electron chi connectivity index (χ0n) is 22.0. The number of fused-ring (bicyclic) bond motifs is 1. The number of ether oxygens (including phenoxy) is 1. The SMILES string of the molecule is CC(C)Oc1ccc(C#Cc2ccc(CCC(=O)O)cc2)cc1C(=O)N[C@@H](CO)Cc1c[nH]c2ccccc12. The average molecular weight is 525 g/mol. The Morgan fingerprint density at radius 3 is 2.44 bits per heavy atom. The number of nitrogens with one attached hydrogen (secondary N) is 2. The van der Waals surface area contributed by atoms with Crippen molar-refractivity contribution in [2.75, 3.05) is 6.61 Å². The molecule has 0 unspecified atom stereocenters. The number of benzene rings is 3. The quantitative estimate of drug-likeness (QED) is 0.225. The van der Waals surface area contributed by atoms with Gasteiger partial charge in [-0.05, 0) is 74.2 Å². The first kappa shape index (κ1) is 27.5. The minimum absolute atomic E-state index is 0.0829. The number of carboxylic acids is 1. The Kier molecular flexibility index (Phi) is 9.03. The number of carbonyl (C=O) groups excluding carboxylic acids is 1. The number of aliphatic hydroxyl groups excluding tert-OH is 1. The van der Waals surface area contributed by atoms with Crippen LogP contribution in [0, 0.1) is 11.8 Å². The molecular weight excluding hydrogens is 492 g/mol. The van der Waals surface area contributed by atoms with E-state index in [2.05, 4.69) is 22.1 Å². The summed E-state index contributed by atoms with van der Waals surface area (Å²) in [7, 11) is 0. The molecule has 4 aromatic rings. The molecule has 1 heterocycles. The van der Waals surface area contributed by atoms with Gasteiger partial charge in [0.1, 0.15) is 5.75 Å². The third-order valence-electron chi connectivity index (χ3n) is 6.22. The number of aliphatic hydroxyl groups is 1. The Morgan fingerprint density at radius 2 is 1.72 bits per heavy atom. The van der Waals surface area contributed by atoms with Crippen molar-refractivity contribution in [1.82, 2.24) is 10.3 Å². The molecule has 0 saturated carbocycles. The van der Waals surface area contributed by atoms with Crippen molar-refractivity contribution in [2.24, 2.45) is 0 Å². The van der Waals surface area contributed by atoms with E-state index in [0.29, 0.717) is 29.7 Å². The second-order valence-electron chi connectivity index (χ2n) is 9.63. The Labute approximate surface area is 227 Å². The van der Waals surface area contributed by atoms with Gasteiger partial charge in [0.05, 0.1) is 24.3 Å². The number of carboxylic acid groups (broad SMARTS) is 1. The Balaban J connectivity index is 1.52. The van der Waals surface area contributed by atoms with Gasteiger partial charge in [-0.25, -0.2) is 0 Å². The molecule has 4 rings (SSSR count). The van der Waals surface area contributed by atoms with Crippen LogP contribution in [0.5, 0.6) is 5.75 Å². The maximum atomic E-state index is 13.4. The standard InChI is InChI=1S/C32H32N2O5/c1-21(2)39-30-15-13-24(12-11-22-7-9-23(10-8-22)14-16-31(36)37)17-28(30)32(38)34-26(20-35)18-25-19-33-29-6-4-3-5-27(25)29/h3-10,13,15,17,19,21,26,33,35H,14,16,18,20H2,1-2H3,(H,34,38)(H,36,37)/t26-/m1/s1. The number of aliphatic carboxylic acids is 1. The van der Waals surface area contributed by atoms with Crippen molar-refractivity contribution in [3.8, 4) is 17.6 Å². The lowest BCUT2D eigenvalue weighted by molar-refractivity contribution is -0.136. The third kappa shape index (κ3) is 7.50. The van der Waals surface area contributed by atoms with E-state index in [1.807, 2.05) is 68.6 Å². The van der Waals surface area contributed by atoms with Crippen LogP contribution in [0.25, 0.3) is 10.9 Å². The summed E-state index contributed by atoms with van der Waals surface area (Å²) in [6, 6.07) is 20.1. The van der Waals surface area contributed by atoms with Crippen molar-refractivity contribution >= 4 is 22.8 Å². The van der Waals surface area contributed by atoms with Gasteiger partial charge in [-0.15, -0.1) is 0 Å². The highest BCUT2D eigenvalue weighted by atomic mass is 16.5. The van der Waals surface area contributed by atoms with E-state index in [9.17, 15) is 14.7 Å². The van der Waals surface area contributed by atoms with Crippen molar-refractivity contribution < 1.29 is 24.5 Å². The van der Waals surface area contributed by atoms with E-state index in [1.165, 1.54) is 0 Å². The molecule has 200 valence electrons. The number of amides is 1. The number of aryl methyl sites for hydroxylation is 1. The molecule has 0 aliphatic heterocycles. The van der Waals surface area contributed by atoms with E-state index in [4.69, 9.17) is 9.84 Å². The monoisotopic (exact) mass is 524 g/mol. The van der Waals surface area contributed by atoms with Gasteiger partial charge in [0.2, 0.25) is 0 Å². The Bertz CT molecular complexity index is 1510. The Morgan fingerprint density at radius 1 is 1.00 bits per heavy atom. The first-order valence-electron chi connectivity index (χ1n) is 12.9. The van der Waals surface area contributed by atoms with Crippen LogP contribution in [0.4, 0.5) is 0 Å². The van der Waals surface area contributed by atoms with E-state index < -0.39 is 12.0 Å². The van der Waals surface area contributed by atoms with Crippen molar-refractivity contribution in [1.29, 1.82) is 0 Å². The molecule has 0 aliphatic rings. The lowest BCUT2D eigenvalue weighted by atomic mass is 10.0. The van der Waals surface area contributed by atoms with Crippen LogP contribution in [0.15, 0.2) is 72.9 Å². The summed E-state index contributed by atoms with van der Waals surface area (Å²) in [4.78, 5) is 27.4. The van der Waals surface area contributed by atoms with Gasteiger partial charge >= 0.3 is 5.97 Å². The fourth-order valence-electron chi connectivity index (χ4n) is 4.28. The molecule has 3 aromatic carbocycles. The molecule has 7 heteroatoms. The van der Waals surface area contributed by atoms with Gasteiger partial charge in [0, 0.05) is 34.6 Å². The number of H-pyrrole nitrogens is 1. The molecule has 39 heavy (non-hydrogen) atoms. The summed E-state index contributed by atoms with van der Waals surface area (Å²) < 4.78 is 5.90. The third-order valence-corrected chi connectivity index (χ3v) is 6.22. The molecule has 0 spiro atoms. The second kappa shape index (κ2) is 12.8. The van der Waals surface area contributed by atoms with Gasteiger partial charge in [0.25, 0.3) is 5.91 Å². The normalized spacial score (nSPS) is 11.6. The van der Waals surface area contributed by atoms with Crippen LogP contribution in [0.3, 0.4) is 0 Å². The molecule has 0 bridgehead atoms. The Hall–Kier alpha value is -4.54. The van der Waals surface area contributed by atoms with Gasteiger partial charge in [-0.1, -0.05) is 42.2 Å². The van der Waals surface area contributed by atoms with E-state index in [0.717, 1.165) is 27.6 Å². The van der Waals surface area contributed by atoms with Crippen LogP contribution in [0.1, 0.15) is 52.9 Å². The lowest BCUT2D eigenvalue weighted by Crippen LogP contribution is -2.39. The number of rotatable bonds is 10. The summed E-state index contributed by atoms with van der Waals surface area (Å²) in [6.07, 6.45) is 2.79. The maximum absolute atomic E-state index is 13.4. The number of aromatic amines is 1. The number of carbonyl (C=O) groups is 2. The number of hydrogen-bond acceptors (Lipinski definition) is 4. The molecule has 0 radical (unpaired) electrons. The predicted molar refractivity (Wildman–Crippen MR) is 151 cm³/mol. The number of hydrogen-bond donors (Lipinski definition) is 4. The zero-order chi connectivity index (χ0) is 27.8. The molecule has 0 saturated heterocycles. The van der Waals surface area contributed by atoms with Crippen molar-refractivity contribution in [3.05, 3.63) is 101 Å². The maximum Gasteiger partial charge on any atom is 0.303 e. The summed E-state index contributed by atoms with van der Waals surface area (Å²) in [5.41, 5.74) is 4.71. The molecule has 0 fully saturated rings. The molecule has 7 nitrogen and oxygen atoms in total. The van der Waals surface area contributed by atoms with Crippen LogP contribution in [0.2, 0.25) is 0 Å². The first-order chi connectivity index (χ1) is 18.8. The second-order valence-corrected chi connectivity index (χ2v) is 9.63. The van der Waals surface area contributed by atoms with Crippen LogP contribution < -0.4 is 10.1 Å². The highest BCUT2D eigenvalue weighted by Gasteiger charge is 2.19. The summed E-state index contributed by atoms with van der Waals surface area (Å²) >= 11 is 0. The molecule has 1 atom stereocenters. The molecule has 0 aliphatic carbocycles. The zero-order valence-corrected chi connectivity index (χ0v) is 22.0. The van der Waals surface area contributed by atoms with Crippen molar-refractivity contribution in [2.45, 2.75) is 45.3 Å². The molecule has 1 aromatic heterocycles. The van der Waals surface area contributed by atoms with Crippen molar-refractivity contribution in [3.63, 3.8) is 0 Å². The summed E-state index contributed by atoms with van der Waals surface area (Å²) in [5.74, 6) is 5.46. The van der Waals surface area contributed by atoms with Gasteiger partial charge in [-0.2, -0.15) is 0 Å². The fourth-order valence-corrected chi connectivity index (χ4v) is 4.28. The van der Waals surface area contributed by atoms with Crippen LogP contribution in [-0.4, -0.2) is 45.8 Å². The lowest BCUT2D eigenvalue weighted by Gasteiger charge is -2.19. The summed E-state index contributed by atoms with van der Waals surface area (Å²) in [6.45, 7) is 3.57. The van der Waals surface area contributed by atoms with Crippen LogP contribution >= 0.6 is 0 Å². The van der Waals surface area contributed by atoms with E-state index >= 15 is 0 Å². The topological polar surface area (TPSA) is 112 Å². The highest BCUT2D eigenvalue weighted by molar-refractivity contribution is 5.97. The van der Waals surface area contributed by atoms with E-state index in [1.54, 1.807) is 18.2 Å². The van der Waals surface area contributed by atoms with Gasteiger partial charge in [0.15, 0.2) is 0 Å². The first-order valence-corrected chi connectivity index (χ1v) is 12.9. The van der Waals surface area contributed by atoms with Gasteiger partial charge in [-0.3, -0.25) is 9.59 Å². The smallest absolute Gasteiger partial charge is 0.303 e. The minimum atomic E-state index is -0.827. The van der Waals surface area contributed by atoms with Crippen LogP contribution in [-0.2, 0) is 17.6 Å². The molecular formula is C32H32N2O5. The molecule has 4 N–H and O–H groups in total. The van der Waals surface area contributed by atoms with E-state index in [-0.39, 0.29) is 25.0 Å². The molecule has 1 amide bonds. The number of aromatic nitrogens is 1.